The predicted molar refractivity (Wildman–Crippen MR) is 93.4 cm³/mol. The van der Waals surface area contributed by atoms with Crippen LogP contribution in [0.2, 0.25) is 0 Å². The van der Waals surface area contributed by atoms with Gasteiger partial charge in [0.2, 0.25) is 0 Å². The van der Waals surface area contributed by atoms with E-state index in [4.69, 9.17) is 14.2 Å². The van der Waals surface area contributed by atoms with Gasteiger partial charge in [-0.05, 0) is 6.08 Å². The molecule has 0 saturated carbocycles. The molecule has 0 bridgehead atoms. The van der Waals surface area contributed by atoms with E-state index in [1.54, 1.807) is 0 Å². The van der Waals surface area contributed by atoms with Crippen LogP contribution in [-0.4, -0.2) is 59.6 Å². The normalized spacial score (nSPS) is 23.7. The topological polar surface area (TPSA) is 143 Å². The molecule has 1 fully saturated rings. The van der Waals surface area contributed by atoms with Crippen molar-refractivity contribution in [3.63, 3.8) is 0 Å². The second kappa shape index (κ2) is 9.28. The predicted octanol–water partition coefficient (Wildman–Crippen LogP) is -0.547. The molecule has 0 aliphatic carbocycles. The van der Waals surface area contributed by atoms with Crippen LogP contribution in [0.1, 0.15) is 25.6 Å². The molecule has 11 nitrogen and oxygen atoms in total. The van der Waals surface area contributed by atoms with E-state index >= 15 is 0 Å². The van der Waals surface area contributed by atoms with Crippen LogP contribution < -0.4 is 11.2 Å². The number of ether oxygens (including phenoxy) is 4. The van der Waals surface area contributed by atoms with Crippen LogP contribution in [0.4, 0.5) is 4.39 Å². The van der Waals surface area contributed by atoms with Gasteiger partial charge in [-0.25, -0.2) is 14.0 Å². The van der Waals surface area contributed by atoms with Crippen LogP contribution in [-0.2, 0) is 33.3 Å². The Balaban J connectivity index is 2.39. The van der Waals surface area contributed by atoms with Crippen LogP contribution in [0.5, 0.6) is 0 Å². The minimum Gasteiger partial charge on any atom is -0.466 e. The minimum absolute atomic E-state index is 0.154. The second-order valence-corrected chi connectivity index (χ2v) is 5.99. The molecular weight excluding hydrogens is 395 g/mol. The van der Waals surface area contributed by atoms with Crippen molar-refractivity contribution in [2.75, 3.05) is 13.7 Å². The largest absolute Gasteiger partial charge is 0.466 e. The SMILES string of the molecule is COC(=O)/C=C/c1cn([C@@H]2O[C@H](COC(C)=O)C(OC(C)=O)C2F)c(=O)[nH]c1=O. The fourth-order valence-corrected chi connectivity index (χ4v) is 2.62. The molecule has 1 aliphatic rings. The fourth-order valence-electron chi connectivity index (χ4n) is 2.62. The minimum atomic E-state index is -2.01. The number of aromatic amines is 1. The van der Waals surface area contributed by atoms with Crippen molar-refractivity contribution < 1.29 is 37.7 Å². The summed E-state index contributed by atoms with van der Waals surface area (Å²) in [6.07, 6.45) is -3.25. The van der Waals surface area contributed by atoms with Gasteiger partial charge in [-0.15, -0.1) is 0 Å². The first-order valence-electron chi connectivity index (χ1n) is 8.35. The van der Waals surface area contributed by atoms with Crippen LogP contribution in [0.25, 0.3) is 6.08 Å². The molecule has 0 radical (unpaired) electrons. The molecular formula is C17H19FN2O9. The average Bonchev–Trinajstić information content (AvgIpc) is 2.94. The summed E-state index contributed by atoms with van der Waals surface area (Å²) in [7, 11) is 1.14. The maximum Gasteiger partial charge on any atom is 0.330 e. The molecule has 1 aromatic rings. The highest BCUT2D eigenvalue weighted by Gasteiger charge is 2.49. The van der Waals surface area contributed by atoms with Gasteiger partial charge >= 0.3 is 23.6 Å². The number of rotatable bonds is 6. The van der Waals surface area contributed by atoms with Crippen LogP contribution in [0, 0.1) is 0 Å². The third-order valence-electron chi connectivity index (χ3n) is 3.89. The number of hydrogen-bond donors (Lipinski definition) is 1. The van der Waals surface area contributed by atoms with E-state index in [0.717, 1.165) is 43.9 Å². The van der Waals surface area contributed by atoms with E-state index in [2.05, 4.69) is 4.74 Å². The number of nitrogens with one attached hydrogen (secondary N) is 1. The Bertz CT molecular complexity index is 936. The van der Waals surface area contributed by atoms with E-state index in [9.17, 15) is 28.4 Å². The van der Waals surface area contributed by atoms with Crippen molar-refractivity contribution >= 4 is 24.0 Å². The summed E-state index contributed by atoms with van der Waals surface area (Å²) in [5, 5.41) is 0. The zero-order chi connectivity index (χ0) is 21.7. The molecule has 29 heavy (non-hydrogen) atoms. The number of hydrogen-bond acceptors (Lipinski definition) is 9. The number of halogens is 1. The molecule has 1 aliphatic heterocycles. The Morgan fingerprint density at radius 3 is 2.55 bits per heavy atom. The highest BCUT2D eigenvalue weighted by molar-refractivity contribution is 5.86. The molecule has 1 saturated heterocycles. The van der Waals surface area contributed by atoms with E-state index in [1.165, 1.54) is 0 Å². The van der Waals surface area contributed by atoms with Crippen LogP contribution in [0.3, 0.4) is 0 Å². The number of alkyl halides is 1. The summed E-state index contributed by atoms with van der Waals surface area (Å²) in [4.78, 5) is 59.6. The van der Waals surface area contributed by atoms with Gasteiger partial charge in [0.25, 0.3) is 5.56 Å². The maximum absolute atomic E-state index is 15.0. The summed E-state index contributed by atoms with van der Waals surface area (Å²) >= 11 is 0. The molecule has 0 aromatic carbocycles. The Morgan fingerprint density at radius 2 is 1.97 bits per heavy atom. The summed E-state index contributed by atoms with van der Waals surface area (Å²) in [6.45, 7) is 1.77. The van der Waals surface area contributed by atoms with Gasteiger partial charge < -0.3 is 18.9 Å². The Morgan fingerprint density at radius 1 is 1.28 bits per heavy atom. The first-order chi connectivity index (χ1) is 13.6. The van der Waals surface area contributed by atoms with Crippen LogP contribution in [0.15, 0.2) is 21.9 Å². The molecule has 12 heteroatoms. The number of nitrogens with zero attached hydrogens (tertiary/aromatic N) is 1. The van der Waals surface area contributed by atoms with Gasteiger partial charge in [-0.3, -0.25) is 23.9 Å². The van der Waals surface area contributed by atoms with Crippen molar-refractivity contribution in [1.29, 1.82) is 0 Å². The average molecular weight is 414 g/mol. The van der Waals surface area contributed by atoms with Crippen molar-refractivity contribution in [1.82, 2.24) is 9.55 Å². The van der Waals surface area contributed by atoms with Gasteiger partial charge in [0.1, 0.15) is 12.7 Å². The maximum atomic E-state index is 15.0. The zero-order valence-corrected chi connectivity index (χ0v) is 15.7. The molecule has 2 unspecified atom stereocenters. The number of esters is 3. The molecule has 158 valence electrons. The lowest BCUT2D eigenvalue weighted by molar-refractivity contribution is -0.156. The second-order valence-electron chi connectivity index (χ2n) is 5.99. The van der Waals surface area contributed by atoms with E-state index in [-0.39, 0.29) is 5.56 Å². The lowest BCUT2D eigenvalue weighted by Gasteiger charge is -2.18. The number of aromatic nitrogens is 2. The molecule has 0 amide bonds. The zero-order valence-electron chi connectivity index (χ0n) is 15.7. The standard InChI is InChI=1S/C17H19FN2O9/c1-8(21)27-7-11-14(28-9(2)22)13(18)16(29-11)20-6-10(4-5-12(23)26-3)15(24)19-17(20)25/h4-6,11,13-14,16H,7H2,1-3H3,(H,19,24,25)/b5-4+/t11-,13?,14?,16-/m1/s1. The van der Waals surface area contributed by atoms with Crippen molar-refractivity contribution in [2.45, 2.75) is 38.5 Å². The van der Waals surface area contributed by atoms with Crippen molar-refractivity contribution in [3.8, 4) is 0 Å². The summed E-state index contributed by atoms with van der Waals surface area (Å²) in [5.74, 6) is -2.21. The lowest BCUT2D eigenvalue weighted by Crippen LogP contribution is -2.38. The first-order valence-corrected chi connectivity index (χ1v) is 8.35. The van der Waals surface area contributed by atoms with Crippen molar-refractivity contribution in [2.24, 2.45) is 0 Å². The highest BCUT2D eigenvalue weighted by atomic mass is 19.1. The molecule has 2 heterocycles. The van der Waals surface area contributed by atoms with Gasteiger partial charge in [-0.1, -0.05) is 0 Å². The number of carbonyl (C=O) groups excluding carboxylic acids is 3. The fraction of sp³-hybridized carbons (Fsp3) is 0.471. The first kappa shape index (κ1) is 22.0. The highest BCUT2D eigenvalue weighted by Crippen LogP contribution is 2.33. The molecule has 1 aromatic heterocycles. The smallest absolute Gasteiger partial charge is 0.330 e. The summed E-state index contributed by atoms with van der Waals surface area (Å²) < 4.78 is 35.3. The number of methoxy groups -OCH3 is 1. The molecule has 2 rings (SSSR count). The summed E-state index contributed by atoms with van der Waals surface area (Å²) in [5.41, 5.74) is -1.97. The number of carbonyl (C=O) groups is 3. The molecule has 4 atom stereocenters. The van der Waals surface area contributed by atoms with Gasteiger partial charge in [-0.2, -0.15) is 0 Å². The van der Waals surface area contributed by atoms with Gasteiger partial charge in [0.05, 0.1) is 12.7 Å². The molecule has 0 spiro atoms. The van der Waals surface area contributed by atoms with Crippen LogP contribution >= 0.6 is 0 Å². The van der Waals surface area contributed by atoms with E-state index < -0.39 is 60.4 Å². The van der Waals surface area contributed by atoms with E-state index in [0.29, 0.717) is 0 Å². The Labute approximate surface area is 163 Å². The lowest BCUT2D eigenvalue weighted by atomic mass is 10.1. The van der Waals surface area contributed by atoms with Gasteiger partial charge in [0.15, 0.2) is 18.5 Å². The Kier molecular flexibility index (Phi) is 7.04. The number of H-pyrrole nitrogens is 1. The quantitative estimate of drug-likeness (QED) is 0.368. The summed E-state index contributed by atoms with van der Waals surface area (Å²) in [6, 6.07) is 0. The van der Waals surface area contributed by atoms with E-state index in [1.807, 2.05) is 4.98 Å². The van der Waals surface area contributed by atoms with Gasteiger partial charge in [0, 0.05) is 26.1 Å². The monoisotopic (exact) mass is 414 g/mol. The molecule has 1 N–H and O–H groups in total. The Hall–Kier alpha value is -3.28. The van der Waals surface area contributed by atoms with Crippen molar-refractivity contribution in [3.05, 3.63) is 38.7 Å². The third kappa shape index (κ3) is 5.38. The third-order valence-corrected chi connectivity index (χ3v) is 3.89.